The summed E-state index contributed by atoms with van der Waals surface area (Å²) in [5.41, 5.74) is 4.73. The molecule has 132 valence electrons. The first-order chi connectivity index (χ1) is 12.6. The third-order valence-corrected chi connectivity index (χ3v) is 4.66. The molecule has 0 aromatic carbocycles. The Kier molecular flexibility index (Phi) is 4.12. The fourth-order valence-electron chi connectivity index (χ4n) is 3.03. The number of carbonyl (C=O) groups is 1. The molecule has 1 unspecified atom stereocenters. The maximum atomic E-state index is 12.4. The Morgan fingerprint density at radius 1 is 1.31 bits per heavy atom. The zero-order valence-corrected chi connectivity index (χ0v) is 14.7. The van der Waals surface area contributed by atoms with E-state index in [1.165, 1.54) is 0 Å². The number of rotatable bonds is 5. The summed E-state index contributed by atoms with van der Waals surface area (Å²) in [6.45, 7) is 3.76. The van der Waals surface area contributed by atoms with Gasteiger partial charge in [-0.15, -0.1) is 0 Å². The minimum absolute atomic E-state index is 0.241. The smallest absolute Gasteiger partial charge is 0.276 e. The van der Waals surface area contributed by atoms with Crippen molar-refractivity contribution in [2.45, 2.75) is 32.7 Å². The molecule has 7 heteroatoms. The number of aromatic nitrogens is 4. The van der Waals surface area contributed by atoms with E-state index in [4.69, 9.17) is 0 Å². The molecule has 3 N–H and O–H groups in total. The van der Waals surface area contributed by atoms with Gasteiger partial charge in [0.05, 0.1) is 17.9 Å². The lowest BCUT2D eigenvalue weighted by Gasteiger charge is -2.03. The predicted octanol–water partition coefficient (Wildman–Crippen LogP) is 3.10. The molecule has 0 radical (unpaired) electrons. The number of fused-ring (bicyclic) bond motifs is 1. The number of H-pyrrole nitrogens is 2. The Morgan fingerprint density at radius 3 is 2.92 bits per heavy atom. The zero-order valence-electron chi connectivity index (χ0n) is 14.7. The van der Waals surface area contributed by atoms with Crippen LogP contribution in [0.5, 0.6) is 0 Å². The van der Waals surface area contributed by atoms with Crippen LogP contribution in [0.3, 0.4) is 0 Å². The van der Waals surface area contributed by atoms with Crippen LogP contribution < -0.4 is 5.32 Å². The van der Waals surface area contributed by atoms with Crippen molar-refractivity contribution in [3.63, 3.8) is 0 Å². The third kappa shape index (κ3) is 3.15. The molecular formula is C19H20N6O. The van der Waals surface area contributed by atoms with Gasteiger partial charge in [-0.2, -0.15) is 5.10 Å². The zero-order chi connectivity index (χ0) is 18.1. The van der Waals surface area contributed by atoms with E-state index in [0.717, 1.165) is 40.8 Å². The van der Waals surface area contributed by atoms with Crippen LogP contribution in [0, 0.1) is 13.8 Å². The second-order valence-corrected chi connectivity index (χ2v) is 6.52. The molecule has 4 rings (SSSR count). The summed E-state index contributed by atoms with van der Waals surface area (Å²) < 4.78 is 0. The number of nitrogens with zero attached hydrogens (tertiary/aromatic N) is 3. The number of carbonyl (C=O) groups excluding carboxylic acids is 1. The minimum Gasteiger partial charge on any atom is -0.343 e. The van der Waals surface area contributed by atoms with Crippen LogP contribution in [0.25, 0.3) is 11.0 Å². The van der Waals surface area contributed by atoms with Gasteiger partial charge in [0.25, 0.3) is 5.91 Å². The van der Waals surface area contributed by atoms with E-state index in [1.807, 2.05) is 32.2 Å². The SMILES string of the molecule is Cc1[nH]nc(C(=O)Nc2cnc3[nH]c(CCC4C=CC=N4)cc3c2)c1C. The van der Waals surface area contributed by atoms with Crippen molar-refractivity contribution in [1.29, 1.82) is 0 Å². The summed E-state index contributed by atoms with van der Waals surface area (Å²) in [7, 11) is 0. The topological polar surface area (TPSA) is 98.8 Å². The van der Waals surface area contributed by atoms with Gasteiger partial charge in [0.1, 0.15) is 5.65 Å². The summed E-state index contributed by atoms with van der Waals surface area (Å²) in [4.78, 5) is 24.5. The van der Waals surface area contributed by atoms with Crippen LogP contribution in [0.1, 0.15) is 33.9 Å². The maximum absolute atomic E-state index is 12.4. The minimum atomic E-state index is -0.241. The fraction of sp³-hybridized carbons (Fsp3) is 0.263. The van der Waals surface area contributed by atoms with Crippen molar-refractivity contribution in [3.05, 3.63) is 53.1 Å². The van der Waals surface area contributed by atoms with Crippen LogP contribution in [0.2, 0.25) is 0 Å². The maximum Gasteiger partial charge on any atom is 0.276 e. The normalized spacial score (nSPS) is 15.8. The van der Waals surface area contributed by atoms with E-state index in [-0.39, 0.29) is 11.9 Å². The Hall–Kier alpha value is -3.22. The number of allylic oxidation sites excluding steroid dienone is 1. The van der Waals surface area contributed by atoms with E-state index in [0.29, 0.717) is 11.4 Å². The van der Waals surface area contributed by atoms with Gasteiger partial charge in [0, 0.05) is 28.6 Å². The number of aliphatic imine (C=N–C) groups is 1. The second-order valence-electron chi connectivity index (χ2n) is 6.52. The summed E-state index contributed by atoms with van der Waals surface area (Å²) in [5, 5.41) is 10.7. The van der Waals surface area contributed by atoms with Gasteiger partial charge in [-0.05, 0) is 44.9 Å². The monoisotopic (exact) mass is 348 g/mol. The summed E-state index contributed by atoms with van der Waals surface area (Å²) >= 11 is 0. The van der Waals surface area contributed by atoms with Crippen molar-refractivity contribution in [2.24, 2.45) is 4.99 Å². The first-order valence-corrected chi connectivity index (χ1v) is 8.60. The third-order valence-electron chi connectivity index (χ3n) is 4.66. The van der Waals surface area contributed by atoms with E-state index in [2.05, 4.69) is 42.6 Å². The molecule has 1 atom stereocenters. The van der Waals surface area contributed by atoms with Crippen LogP contribution in [0.15, 0.2) is 35.5 Å². The number of hydrogen-bond acceptors (Lipinski definition) is 4. The summed E-state index contributed by atoms with van der Waals surface area (Å²) in [6, 6.07) is 4.26. The molecule has 0 fully saturated rings. The van der Waals surface area contributed by atoms with Crippen molar-refractivity contribution >= 4 is 28.8 Å². The summed E-state index contributed by atoms with van der Waals surface area (Å²) in [5.74, 6) is -0.241. The van der Waals surface area contributed by atoms with Gasteiger partial charge >= 0.3 is 0 Å². The molecule has 3 aromatic rings. The van der Waals surface area contributed by atoms with Gasteiger partial charge in [-0.1, -0.05) is 6.08 Å². The quantitative estimate of drug-likeness (QED) is 0.660. The molecule has 1 amide bonds. The number of pyridine rings is 1. The van der Waals surface area contributed by atoms with E-state index in [9.17, 15) is 4.79 Å². The van der Waals surface area contributed by atoms with Crippen molar-refractivity contribution in [2.75, 3.05) is 5.32 Å². The number of nitrogens with one attached hydrogen (secondary N) is 3. The van der Waals surface area contributed by atoms with E-state index in [1.54, 1.807) is 6.20 Å². The molecule has 1 aliphatic heterocycles. The van der Waals surface area contributed by atoms with Crippen molar-refractivity contribution in [1.82, 2.24) is 20.2 Å². The molecule has 0 saturated heterocycles. The lowest BCUT2D eigenvalue weighted by molar-refractivity contribution is 0.102. The highest BCUT2D eigenvalue weighted by molar-refractivity contribution is 6.04. The lowest BCUT2D eigenvalue weighted by atomic mass is 10.1. The number of amides is 1. The fourth-order valence-corrected chi connectivity index (χ4v) is 3.03. The molecule has 4 heterocycles. The van der Waals surface area contributed by atoms with E-state index < -0.39 is 0 Å². The van der Waals surface area contributed by atoms with Gasteiger partial charge in [0.2, 0.25) is 0 Å². The molecule has 0 aliphatic carbocycles. The molecule has 0 spiro atoms. The standard InChI is InChI=1S/C19H20N6O/c1-11-12(2)24-25-17(11)19(26)23-16-9-13-8-15(22-18(13)21-10-16)6-5-14-4-3-7-20-14/h3-4,7-10,14H,5-6H2,1-2H3,(H,21,22)(H,23,26)(H,24,25). The second kappa shape index (κ2) is 6.59. The summed E-state index contributed by atoms with van der Waals surface area (Å²) in [6.07, 6.45) is 9.44. The first-order valence-electron chi connectivity index (χ1n) is 8.60. The largest absolute Gasteiger partial charge is 0.343 e. The Balaban J connectivity index is 1.48. The first kappa shape index (κ1) is 16.3. The molecule has 3 aromatic heterocycles. The Labute approximate surface area is 150 Å². The number of aromatic amines is 2. The highest BCUT2D eigenvalue weighted by Gasteiger charge is 2.15. The van der Waals surface area contributed by atoms with Gasteiger partial charge in [0.15, 0.2) is 5.69 Å². The number of anilines is 1. The molecule has 1 aliphatic rings. The average molecular weight is 348 g/mol. The Morgan fingerprint density at radius 2 is 2.19 bits per heavy atom. The molecular weight excluding hydrogens is 328 g/mol. The molecule has 0 bridgehead atoms. The number of hydrogen-bond donors (Lipinski definition) is 3. The highest BCUT2D eigenvalue weighted by atomic mass is 16.1. The van der Waals surface area contributed by atoms with Crippen LogP contribution >= 0.6 is 0 Å². The highest BCUT2D eigenvalue weighted by Crippen LogP contribution is 2.20. The van der Waals surface area contributed by atoms with E-state index >= 15 is 0 Å². The molecule has 0 saturated carbocycles. The van der Waals surface area contributed by atoms with Gasteiger partial charge in [-0.25, -0.2) is 4.98 Å². The molecule has 26 heavy (non-hydrogen) atoms. The van der Waals surface area contributed by atoms with Crippen LogP contribution in [-0.4, -0.2) is 38.3 Å². The predicted molar refractivity (Wildman–Crippen MR) is 102 cm³/mol. The van der Waals surface area contributed by atoms with Gasteiger partial charge < -0.3 is 10.3 Å². The molecule has 7 nitrogen and oxygen atoms in total. The Bertz CT molecular complexity index is 1010. The van der Waals surface area contributed by atoms with Crippen LogP contribution in [0.4, 0.5) is 5.69 Å². The lowest BCUT2D eigenvalue weighted by Crippen LogP contribution is -2.13. The van der Waals surface area contributed by atoms with Gasteiger partial charge in [-0.3, -0.25) is 14.9 Å². The van der Waals surface area contributed by atoms with Crippen LogP contribution in [-0.2, 0) is 6.42 Å². The number of aryl methyl sites for hydroxylation is 2. The average Bonchev–Trinajstić information content (AvgIpc) is 3.34. The van der Waals surface area contributed by atoms with Crippen molar-refractivity contribution < 1.29 is 4.79 Å². The van der Waals surface area contributed by atoms with Crippen molar-refractivity contribution in [3.8, 4) is 0 Å².